The maximum absolute atomic E-state index is 14.0. The number of benzene rings is 3. The monoisotopic (exact) mass is 570 g/mol. The topological polar surface area (TPSA) is 115 Å². The molecule has 0 saturated carbocycles. The van der Waals surface area contributed by atoms with E-state index in [1.54, 1.807) is 57.7 Å². The Morgan fingerprint density at radius 3 is 2.17 bits per heavy atom. The maximum atomic E-state index is 14.0. The highest BCUT2D eigenvalue weighted by molar-refractivity contribution is 6.10. The fourth-order valence-electron chi connectivity index (χ4n) is 5.76. The van der Waals surface area contributed by atoms with Crippen molar-refractivity contribution in [3.8, 4) is 28.7 Å². The Labute approximate surface area is 244 Å². The van der Waals surface area contributed by atoms with Crippen molar-refractivity contribution in [1.82, 2.24) is 5.32 Å². The van der Waals surface area contributed by atoms with Crippen LogP contribution >= 0.6 is 0 Å². The molecule has 2 atom stereocenters. The van der Waals surface area contributed by atoms with Gasteiger partial charge in [0.15, 0.2) is 28.8 Å². The SMILES string of the molecule is COc1ccc(NC(=O)C2=C(C)NC3=C(C(=O)C[C@@H](c4ccc(OC)c(OC)c4)C3)[C@@H]2c2ccc(O)c(OC)c2)cc1. The highest BCUT2D eigenvalue weighted by atomic mass is 16.5. The predicted molar refractivity (Wildman–Crippen MR) is 158 cm³/mol. The number of hydrogen-bond acceptors (Lipinski definition) is 8. The van der Waals surface area contributed by atoms with Crippen molar-refractivity contribution in [2.45, 2.75) is 31.6 Å². The third-order valence-electron chi connectivity index (χ3n) is 7.84. The molecule has 42 heavy (non-hydrogen) atoms. The lowest BCUT2D eigenvalue weighted by Gasteiger charge is -2.37. The summed E-state index contributed by atoms with van der Waals surface area (Å²) in [5.41, 5.74) is 4.56. The lowest BCUT2D eigenvalue weighted by Crippen LogP contribution is -2.37. The number of allylic oxidation sites excluding steroid dienone is 3. The van der Waals surface area contributed by atoms with Gasteiger partial charge in [-0.3, -0.25) is 9.59 Å². The van der Waals surface area contributed by atoms with E-state index in [0.717, 1.165) is 11.3 Å². The Balaban J connectivity index is 1.56. The number of ketones is 1. The van der Waals surface area contributed by atoms with E-state index in [2.05, 4.69) is 10.6 Å². The molecule has 3 aromatic rings. The zero-order valence-electron chi connectivity index (χ0n) is 24.2. The number of anilines is 1. The number of dihydropyridines is 1. The number of ether oxygens (including phenoxy) is 4. The van der Waals surface area contributed by atoms with Crippen LogP contribution in [0.2, 0.25) is 0 Å². The molecule has 2 aliphatic rings. The number of hydrogen-bond donors (Lipinski definition) is 3. The van der Waals surface area contributed by atoms with Gasteiger partial charge in [0, 0.05) is 40.6 Å². The van der Waals surface area contributed by atoms with Crippen molar-refractivity contribution in [3.05, 3.63) is 94.3 Å². The lowest BCUT2D eigenvalue weighted by molar-refractivity contribution is -0.116. The van der Waals surface area contributed by atoms with Crippen LogP contribution in [0.4, 0.5) is 5.69 Å². The molecule has 3 aromatic carbocycles. The molecule has 0 saturated heterocycles. The van der Waals surface area contributed by atoms with Crippen LogP contribution in [-0.4, -0.2) is 45.2 Å². The second-order valence-corrected chi connectivity index (χ2v) is 10.2. The van der Waals surface area contributed by atoms with E-state index >= 15 is 0 Å². The first-order valence-corrected chi connectivity index (χ1v) is 13.6. The summed E-state index contributed by atoms with van der Waals surface area (Å²) >= 11 is 0. The average molecular weight is 571 g/mol. The molecular weight excluding hydrogens is 536 g/mol. The number of methoxy groups -OCH3 is 4. The standard InChI is InChI=1S/C33H34N2O7/c1-18-30(33(38)35-22-8-10-23(39-2)11-9-22)31(20-6-12-25(36)28(17-20)41-4)32-24(34-18)14-21(15-26(32)37)19-7-13-27(40-3)29(16-19)42-5/h6-13,16-17,21,31,34,36H,14-15H2,1-5H3,(H,35,38)/t21-,31+/m0/s1. The Bertz CT molecular complexity index is 1590. The zero-order valence-corrected chi connectivity index (χ0v) is 24.2. The molecule has 5 rings (SSSR count). The van der Waals surface area contributed by atoms with Crippen LogP contribution in [0.3, 0.4) is 0 Å². The Morgan fingerprint density at radius 1 is 0.833 bits per heavy atom. The molecule has 218 valence electrons. The quantitative estimate of drug-likeness (QED) is 0.329. The van der Waals surface area contributed by atoms with Crippen molar-refractivity contribution in [1.29, 1.82) is 0 Å². The van der Waals surface area contributed by atoms with Gasteiger partial charge < -0.3 is 34.7 Å². The third-order valence-corrected chi connectivity index (χ3v) is 7.84. The normalized spacial score (nSPS) is 18.2. The average Bonchev–Trinajstić information content (AvgIpc) is 3.00. The minimum Gasteiger partial charge on any atom is -0.504 e. The van der Waals surface area contributed by atoms with Gasteiger partial charge in [0.2, 0.25) is 0 Å². The summed E-state index contributed by atoms with van der Waals surface area (Å²) in [6.07, 6.45) is 0.821. The Morgan fingerprint density at radius 2 is 1.50 bits per heavy atom. The molecule has 3 N–H and O–H groups in total. The van der Waals surface area contributed by atoms with Crippen molar-refractivity contribution >= 4 is 17.4 Å². The first-order chi connectivity index (χ1) is 20.3. The van der Waals surface area contributed by atoms with E-state index in [-0.39, 0.29) is 35.5 Å². The smallest absolute Gasteiger partial charge is 0.254 e. The number of nitrogens with one attached hydrogen (secondary N) is 2. The maximum Gasteiger partial charge on any atom is 0.254 e. The molecule has 0 unspecified atom stereocenters. The molecule has 0 bridgehead atoms. The van der Waals surface area contributed by atoms with Crippen molar-refractivity contribution in [2.75, 3.05) is 33.8 Å². The van der Waals surface area contributed by atoms with Gasteiger partial charge >= 0.3 is 0 Å². The highest BCUT2D eigenvalue weighted by Gasteiger charge is 2.41. The van der Waals surface area contributed by atoms with E-state index in [0.29, 0.717) is 51.8 Å². The summed E-state index contributed by atoms with van der Waals surface area (Å²) in [6.45, 7) is 1.84. The zero-order chi connectivity index (χ0) is 30.0. The summed E-state index contributed by atoms with van der Waals surface area (Å²) in [5, 5.41) is 16.7. The van der Waals surface area contributed by atoms with Crippen LogP contribution in [0, 0.1) is 0 Å². The van der Waals surface area contributed by atoms with Gasteiger partial charge in [0.25, 0.3) is 5.91 Å². The van der Waals surface area contributed by atoms with Crippen molar-refractivity contribution in [3.63, 3.8) is 0 Å². The first kappa shape index (κ1) is 28.6. The number of amides is 1. The van der Waals surface area contributed by atoms with Crippen LogP contribution in [0.1, 0.15) is 42.7 Å². The van der Waals surface area contributed by atoms with Gasteiger partial charge in [0.1, 0.15) is 5.75 Å². The van der Waals surface area contributed by atoms with Crippen LogP contribution in [0.15, 0.2) is 83.2 Å². The van der Waals surface area contributed by atoms with Crippen LogP contribution in [0.5, 0.6) is 28.7 Å². The van der Waals surface area contributed by atoms with Gasteiger partial charge in [-0.25, -0.2) is 0 Å². The van der Waals surface area contributed by atoms with Gasteiger partial charge in [-0.15, -0.1) is 0 Å². The van der Waals surface area contributed by atoms with Crippen molar-refractivity contribution in [2.24, 2.45) is 0 Å². The molecule has 0 spiro atoms. The summed E-state index contributed by atoms with van der Waals surface area (Å²) < 4.78 is 21.5. The van der Waals surface area contributed by atoms with Crippen LogP contribution in [0.25, 0.3) is 0 Å². The second kappa shape index (κ2) is 11.9. The Hall–Kier alpha value is -4.92. The minimum atomic E-state index is -0.673. The number of Topliss-reactive ketones (excluding diaryl/α,β-unsaturated/α-hetero) is 1. The van der Waals surface area contributed by atoms with E-state index in [9.17, 15) is 14.7 Å². The molecule has 1 heterocycles. The number of rotatable bonds is 8. The number of aromatic hydroxyl groups is 1. The van der Waals surface area contributed by atoms with E-state index in [1.807, 2.05) is 25.1 Å². The molecule has 0 fully saturated rings. The summed E-state index contributed by atoms with van der Waals surface area (Å²) in [5.74, 6) is 0.932. The molecular formula is C33H34N2O7. The molecule has 1 aliphatic carbocycles. The molecule has 1 aliphatic heterocycles. The largest absolute Gasteiger partial charge is 0.504 e. The van der Waals surface area contributed by atoms with Gasteiger partial charge in [-0.2, -0.15) is 0 Å². The molecule has 9 nitrogen and oxygen atoms in total. The fourth-order valence-corrected chi connectivity index (χ4v) is 5.76. The summed E-state index contributed by atoms with van der Waals surface area (Å²) in [6, 6.07) is 17.7. The number of carbonyl (C=O) groups is 2. The number of phenols is 1. The first-order valence-electron chi connectivity index (χ1n) is 13.6. The number of phenolic OH excluding ortho intramolecular Hbond substituents is 1. The summed E-state index contributed by atoms with van der Waals surface area (Å²) in [4.78, 5) is 27.9. The van der Waals surface area contributed by atoms with Gasteiger partial charge in [0.05, 0.1) is 28.4 Å². The van der Waals surface area contributed by atoms with Crippen LogP contribution < -0.4 is 29.6 Å². The lowest BCUT2D eigenvalue weighted by atomic mass is 9.71. The van der Waals surface area contributed by atoms with E-state index < -0.39 is 5.92 Å². The van der Waals surface area contributed by atoms with E-state index in [4.69, 9.17) is 18.9 Å². The van der Waals surface area contributed by atoms with Crippen molar-refractivity contribution < 1.29 is 33.6 Å². The molecule has 9 heteroatoms. The highest BCUT2D eigenvalue weighted by Crippen LogP contribution is 2.47. The third kappa shape index (κ3) is 5.37. The molecule has 0 aromatic heterocycles. The van der Waals surface area contributed by atoms with Gasteiger partial charge in [-0.05, 0) is 78.9 Å². The summed E-state index contributed by atoms with van der Waals surface area (Å²) in [7, 11) is 6.21. The molecule has 1 amide bonds. The Kier molecular flexibility index (Phi) is 8.10. The minimum absolute atomic E-state index is 0.0298. The predicted octanol–water partition coefficient (Wildman–Crippen LogP) is 5.43. The van der Waals surface area contributed by atoms with E-state index in [1.165, 1.54) is 13.2 Å². The second-order valence-electron chi connectivity index (χ2n) is 10.2. The number of carbonyl (C=O) groups excluding carboxylic acids is 2. The fraction of sp³-hybridized carbons (Fsp3) is 0.273. The van der Waals surface area contributed by atoms with Gasteiger partial charge in [-0.1, -0.05) is 12.1 Å². The molecule has 0 radical (unpaired) electrons. The van der Waals surface area contributed by atoms with Crippen LogP contribution in [-0.2, 0) is 9.59 Å².